The normalized spacial score (nSPS) is 17.3. The molecule has 9 heteroatoms. The molecule has 29 heavy (non-hydrogen) atoms. The van der Waals surface area contributed by atoms with Crippen molar-refractivity contribution in [2.45, 2.75) is 57.8 Å². The molecule has 154 valence electrons. The second kappa shape index (κ2) is 8.41. The fourth-order valence-corrected chi connectivity index (χ4v) is 4.11. The molecular weight excluding hydrogens is 394 g/mol. The monoisotopic (exact) mass is 417 g/mol. The average Bonchev–Trinajstić information content (AvgIpc) is 3.03. The molecule has 4 rings (SSSR count). The summed E-state index contributed by atoms with van der Waals surface area (Å²) in [5, 5.41) is 7.78. The minimum Gasteiger partial charge on any atom is -0.352 e. The maximum atomic E-state index is 12.8. The van der Waals surface area contributed by atoms with Crippen molar-refractivity contribution in [2.75, 3.05) is 6.54 Å². The molecule has 1 fully saturated rings. The van der Waals surface area contributed by atoms with E-state index >= 15 is 0 Å². The van der Waals surface area contributed by atoms with Crippen LogP contribution in [0.15, 0.2) is 29.1 Å². The van der Waals surface area contributed by atoms with Crippen molar-refractivity contribution < 1.29 is 9.59 Å². The van der Waals surface area contributed by atoms with E-state index in [0.29, 0.717) is 24.7 Å². The number of halogens is 1. The van der Waals surface area contributed by atoms with Crippen LogP contribution in [-0.2, 0) is 24.4 Å². The van der Waals surface area contributed by atoms with Crippen LogP contribution in [0.25, 0.3) is 0 Å². The van der Waals surface area contributed by atoms with Crippen molar-refractivity contribution >= 4 is 23.4 Å². The first-order chi connectivity index (χ1) is 14.0. The third-order valence-electron chi connectivity index (χ3n) is 5.55. The SMILES string of the molecule is O=C(Cn1nc2n(c1=O)CCN(Cc1ccc(Cl)cc1)C2=O)NC1CCCCC1. The second-order valence-electron chi connectivity index (χ2n) is 7.67. The van der Waals surface area contributed by atoms with E-state index in [1.165, 1.54) is 11.0 Å². The van der Waals surface area contributed by atoms with Crippen molar-refractivity contribution in [3.8, 4) is 0 Å². The van der Waals surface area contributed by atoms with Gasteiger partial charge in [0.15, 0.2) is 0 Å². The van der Waals surface area contributed by atoms with Crippen LogP contribution in [0.4, 0.5) is 0 Å². The molecule has 2 heterocycles. The summed E-state index contributed by atoms with van der Waals surface area (Å²) in [5.74, 6) is -0.463. The molecule has 1 aliphatic heterocycles. The molecule has 1 aliphatic carbocycles. The van der Waals surface area contributed by atoms with E-state index in [2.05, 4.69) is 10.4 Å². The Labute approximate surface area is 173 Å². The highest BCUT2D eigenvalue weighted by Gasteiger charge is 2.30. The standard InChI is InChI=1S/C20H24ClN5O3/c21-15-8-6-14(7-9-15)12-24-10-11-25-18(19(24)28)23-26(20(25)29)13-17(27)22-16-4-2-1-3-5-16/h6-9,16H,1-5,10-13H2,(H,22,27). The summed E-state index contributed by atoms with van der Waals surface area (Å²) < 4.78 is 2.45. The van der Waals surface area contributed by atoms with Gasteiger partial charge in [0, 0.05) is 30.7 Å². The van der Waals surface area contributed by atoms with E-state index in [1.807, 2.05) is 12.1 Å². The number of carbonyl (C=O) groups is 2. The highest BCUT2D eigenvalue weighted by atomic mass is 35.5. The zero-order valence-corrected chi connectivity index (χ0v) is 16.9. The van der Waals surface area contributed by atoms with Gasteiger partial charge in [0.05, 0.1) is 0 Å². The van der Waals surface area contributed by atoms with E-state index < -0.39 is 5.69 Å². The largest absolute Gasteiger partial charge is 0.352 e. The lowest BCUT2D eigenvalue weighted by Gasteiger charge is -2.26. The summed E-state index contributed by atoms with van der Waals surface area (Å²) in [5.41, 5.74) is 0.531. The summed E-state index contributed by atoms with van der Waals surface area (Å²) in [6.07, 6.45) is 5.37. The molecule has 0 atom stereocenters. The molecule has 2 aromatic rings. The van der Waals surface area contributed by atoms with E-state index in [4.69, 9.17) is 11.6 Å². The van der Waals surface area contributed by atoms with Gasteiger partial charge in [-0.25, -0.2) is 9.48 Å². The zero-order valence-electron chi connectivity index (χ0n) is 16.1. The van der Waals surface area contributed by atoms with Gasteiger partial charge in [-0.05, 0) is 30.5 Å². The Morgan fingerprint density at radius 3 is 2.55 bits per heavy atom. The highest BCUT2D eigenvalue weighted by Crippen LogP contribution is 2.17. The van der Waals surface area contributed by atoms with Gasteiger partial charge >= 0.3 is 5.69 Å². The van der Waals surface area contributed by atoms with Gasteiger partial charge in [-0.3, -0.25) is 14.2 Å². The minimum atomic E-state index is -0.418. The fraction of sp³-hybridized carbons (Fsp3) is 0.500. The molecule has 1 aromatic heterocycles. The van der Waals surface area contributed by atoms with Crippen LogP contribution in [0.1, 0.15) is 48.3 Å². The number of fused-ring (bicyclic) bond motifs is 1. The molecule has 1 saturated carbocycles. The number of hydrogen-bond acceptors (Lipinski definition) is 4. The number of rotatable bonds is 5. The molecule has 2 amide bonds. The summed E-state index contributed by atoms with van der Waals surface area (Å²) >= 11 is 5.91. The molecule has 0 spiro atoms. The molecule has 1 aromatic carbocycles. The third kappa shape index (κ3) is 4.37. The third-order valence-corrected chi connectivity index (χ3v) is 5.80. The topological polar surface area (TPSA) is 89.2 Å². The summed E-state index contributed by atoms with van der Waals surface area (Å²) in [6.45, 7) is 1.02. The van der Waals surface area contributed by atoms with Crippen LogP contribution >= 0.6 is 11.6 Å². The van der Waals surface area contributed by atoms with Gasteiger partial charge < -0.3 is 10.2 Å². The van der Waals surface area contributed by atoms with Crippen LogP contribution < -0.4 is 11.0 Å². The molecule has 2 aliphatic rings. The first kappa shape index (κ1) is 19.7. The Morgan fingerprint density at radius 2 is 1.83 bits per heavy atom. The molecular formula is C20H24ClN5O3. The maximum Gasteiger partial charge on any atom is 0.346 e. The van der Waals surface area contributed by atoms with Crippen LogP contribution in [0.2, 0.25) is 5.02 Å². The van der Waals surface area contributed by atoms with Crippen molar-refractivity contribution in [1.29, 1.82) is 0 Å². The van der Waals surface area contributed by atoms with E-state index in [9.17, 15) is 14.4 Å². The Bertz CT molecular complexity index is 959. The van der Waals surface area contributed by atoms with Crippen LogP contribution in [0.3, 0.4) is 0 Å². The maximum absolute atomic E-state index is 12.8. The zero-order chi connectivity index (χ0) is 20.4. The van der Waals surface area contributed by atoms with Crippen molar-refractivity contribution in [3.05, 3.63) is 51.2 Å². The summed E-state index contributed by atoms with van der Waals surface area (Å²) in [6, 6.07) is 7.46. The Morgan fingerprint density at radius 1 is 1.10 bits per heavy atom. The molecule has 0 unspecified atom stereocenters. The number of hydrogen-bond donors (Lipinski definition) is 1. The molecule has 1 N–H and O–H groups in total. The van der Waals surface area contributed by atoms with Gasteiger partial charge in [0.1, 0.15) is 6.54 Å². The number of benzene rings is 1. The van der Waals surface area contributed by atoms with E-state index in [-0.39, 0.29) is 30.2 Å². The number of aromatic nitrogens is 3. The minimum absolute atomic E-state index is 0.0840. The van der Waals surface area contributed by atoms with E-state index in [0.717, 1.165) is 35.9 Å². The second-order valence-corrected chi connectivity index (χ2v) is 8.11. The molecule has 0 saturated heterocycles. The molecule has 0 radical (unpaired) electrons. The number of nitrogens with one attached hydrogen (secondary N) is 1. The molecule has 0 bridgehead atoms. The van der Waals surface area contributed by atoms with Gasteiger partial charge in [-0.15, -0.1) is 5.10 Å². The highest BCUT2D eigenvalue weighted by molar-refractivity contribution is 6.30. The lowest BCUT2D eigenvalue weighted by Crippen LogP contribution is -2.43. The van der Waals surface area contributed by atoms with Crippen LogP contribution in [0, 0.1) is 0 Å². The summed E-state index contributed by atoms with van der Waals surface area (Å²) in [4.78, 5) is 39.4. The Balaban J connectivity index is 1.44. The number of amides is 2. The van der Waals surface area contributed by atoms with Gasteiger partial charge in [-0.1, -0.05) is 43.0 Å². The lowest BCUT2D eigenvalue weighted by atomic mass is 9.95. The summed E-state index contributed by atoms with van der Waals surface area (Å²) in [7, 11) is 0. The van der Waals surface area contributed by atoms with E-state index in [1.54, 1.807) is 17.0 Å². The smallest absolute Gasteiger partial charge is 0.346 e. The Hall–Kier alpha value is -2.61. The lowest BCUT2D eigenvalue weighted by molar-refractivity contribution is -0.122. The van der Waals surface area contributed by atoms with Crippen molar-refractivity contribution in [3.63, 3.8) is 0 Å². The predicted octanol–water partition coefficient (Wildman–Crippen LogP) is 1.80. The first-order valence-electron chi connectivity index (χ1n) is 10.0. The van der Waals surface area contributed by atoms with Gasteiger partial charge in [0.25, 0.3) is 5.91 Å². The van der Waals surface area contributed by atoms with Crippen LogP contribution in [0.5, 0.6) is 0 Å². The fourth-order valence-electron chi connectivity index (χ4n) is 3.98. The first-order valence-corrected chi connectivity index (χ1v) is 10.4. The van der Waals surface area contributed by atoms with Crippen LogP contribution in [-0.4, -0.2) is 43.6 Å². The van der Waals surface area contributed by atoms with Crippen molar-refractivity contribution in [1.82, 2.24) is 24.6 Å². The number of carbonyl (C=O) groups excluding carboxylic acids is 2. The average molecular weight is 418 g/mol. The molecule has 8 nitrogen and oxygen atoms in total. The predicted molar refractivity (Wildman–Crippen MR) is 108 cm³/mol. The quantitative estimate of drug-likeness (QED) is 0.803. The van der Waals surface area contributed by atoms with Gasteiger partial charge in [-0.2, -0.15) is 0 Å². The van der Waals surface area contributed by atoms with Gasteiger partial charge in [0.2, 0.25) is 11.7 Å². The Kier molecular flexibility index (Phi) is 5.71. The number of nitrogens with zero attached hydrogens (tertiary/aromatic N) is 4. The van der Waals surface area contributed by atoms with Crippen molar-refractivity contribution in [2.24, 2.45) is 0 Å².